The van der Waals surface area contributed by atoms with Gasteiger partial charge in [-0.3, -0.25) is 9.59 Å². The minimum absolute atomic E-state index is 0.134. The molecule has 2 aromatic heterocycles. The van der Waals surface area contributed by atoms with Crippen molar-refractivity contribution < 1.29 is 14.0 Å². The second-order valence-corrected chi connectivity index (χ2v) is 10.4. The number of benzene rings is 2. The van der Waals surface area contributed by atoms with Gasteiger partial charge in [0.25, 0.3) is 11.8 Å². The van der Waals surface area contributed by atoms with Crippen LogP contribution in [0, 0.1) is 11.7 Å². The second-order valence-electron chi connectivity index (χ2n) is 8.57. The van der Waals surface area contributed by atoms with E-state index in [1.807, 2.05) is 11.0 Å². The highest BCUT2D eigenvalue weighted by molar-refractivity contribution is 7.19. The number of hydrogen-bond acceptors (Lipinski definition) is 8. The lowest BCUT2D eigenvalue weighted by Gasteiger charge is -2.27. The van der Waals surface area contributed by atoms with Crippen LogP contribution < -0.4 is 11.1 Å². The molecule has 2 aromatic carbocycles. The minimum atomic E-state index is -0.390. The summed E-state index contributed by atoms with van der Waals surface area (Å²) < 4.78 is 18.6. The van der Waals surface area contributed by atoms with Crippen molar-refractivity contribution in [1.29, 1.82) is 0 Å². The van der Waals surface area contributed by atoms with E-state index in [0.29, 0.717) is 34.0 Å². The van der Waals surface area contributed by atoms with Gasteiger partial charge in [-0.2, -0.15) is 0 Å². The van der Waals surface area contributed by atoms with Crippen molar-refractivity contribution >= 4 is 50.0 Å². The molecule has 172 valence electrons. The maximum absolute atomic E-state index is 13.8. The summed E-state index contributed by atoms with van der Waals surface area (Å²) in [6, 6.07) is 11.3. The van der Waals surface area contributed by atoms with Gasteiger partial charge >= 0.3 is 0 Å². The smallest absolute Gasteiger partial charge is 0.274 e. The van der Waals surface area contributed by atoms with Gasteiger partial charge in [0.2, 0.25) is 0 Å². The number of likely N-dealkylation sites (tertiary alicyclic amines) is 1. The molecule has 3 atom stereocenters. The number of aromatic nitrogens is 3. The van der Waals surface area contributed by atoms with Crippen LogP contribution in [-0.4, -0.2) is 49.9 Å². The van der Waals surface area contributed by atoms with Gasteiger partial charge < -0.3 is 16.0 Å². The van der Waals surface area contributed by atoms with Gasteiger partial charge in [0, 0.05) is 18.2 Å². The van der Waals surface area contributed by atoms with Crippen molar-refractivity contribution in [3.63, 3.8) is 0 Å². The third kappa shape index (κ3) is 3.70. The summed E-state index contributed by atoms with van der Waals surface area (Å²) in [6.07, 6.45) is 1.76. The number of halogens is 1. The molecule has 0 spiro atoms. The molecule has 4 aromatic rings. The maximum Gasteiger partial charge on any atom is 0.274 e. The quantitative estimate of drug-likeness (QED) is 0.438. The summed E-state index contributed by atoms with van der Waals surface area (Å²) in [5, 5.41) is 7.24. The first kappa shape index (κ1) is 21.1. The van der Waals surface area contributed by atoms with Gasteiger partial charge in [-0.25, -0.2) is 9.37 Å². The van der Waals surface area contributed by atoms with Crippen molar-refractivity contribution in [2.75, 3.05) is 12.3 Å². The Kier molecular flexibility index (Phi) is 5.03. The van der Waals surface area contributed by atoms with E-state index in [0.717, 1.165) is 17.5 Å². The number of thiazole rings is 1. The van der Waals surface area contributed by atoms with Crippen LogP contribution in [0.4, 0.5) is 9.52 Å². The Morgan fingerprint density at radius 1 is 1.21 bits per heavy atom. The van der Waals surface area contributed by atoms with Gasteiger partial charge in [-0.15, -0.1) is 5.10 Å². The van der Waals surface area contributed by atoms with Gasteiger partial charge in [0.1, 0.15) is 17.0 Å². The average molecular weight is 495 g/mol. The molecule has 1 saturated carbocycles. The zero-order valence-electron chi connectivity index (χ0n) is 17.8. The van der Waals surface area contributed by atoms with Crippen LogP contribution >= 0.6 is 22.9 Å². The number of piperidine rings is 1. The number of anilines is 1. The number of nitrogen functional groups attached to an aromatic ring is 1. The molecule has 0 bridgehead atoms. The van der Waals surface area contributed by atoms with E-state index >= 15 is 0 Å². The molecule has 2 aliphatic rings. The minimum Gasteiger partial charge on any atom is -0.375 e. The van der Waals surface area contributed by atoms with E-state index < -0.39 is 5.82 Å². The summed E-state index contributed by atoms with van der Waals surface area (Å²) in [4.78, 5) is 33.1. The topological polar surface area (TPSA) is 114 Å². The number of fused-ring (bicyclic) bond motifs is 2. The molecule has 1 saturated heterocycles. The first-order valence-corrected chi connectivity index (χ1v) is 12.4. The Bertz CT molecular complexity index is 1440. The second kappa shape index (κ2) is 8.10. The number of carbonyl (C=O) groups is 2. The monoisotopic (exact) mass is 494 g/mol. The van der Waals surface area contributed by atoms with Crippen molar-refractivity contribution in [2.45, 2.75) is 24.9 Å². The van der Waals surface area contributed by atoms with E-state index in [1.54, 1.807) is 24.3 Å². The van der Waals surface area contributed by atoms with Crippen molar-refractivity contribution in [1.82, 2.24) is 24.8 Å². The summed E-state index contributed by atoms with van der Waals surface area (Å²) in [5.41, 5.74) is 7.93. The Morgan fingerprint density at radius 2 is 2.09 bits per heavy atom. The zero-order chi connectivity index (χ0) is 23.4. The first-order chi connectivity index (χ1) is 16.5. The molecular formula is C23H19FN6O2S2. The summed E-state index contributed by atoms with van der Waals surface area (Å²) in [5.74, 6) is -0.414. The van der Waals surface area contributed by atoms with E-state index in [-0.39, 0.29) is 34.7 Å². The third-order valence-electron chi connectivity index (χ3n) is 6.39. The van der Waals surface area contributed by atoms with Crippen molar-refractivity contribution in [2.24, 2.45) is 5.92 Å². The van der Waals surface area contributed by atoms with Gasteiger partial charge in [0.15, 0.2) is 5.13 Å². The van der Waals surface area contributed by atoms with Crippen LogP contribution in [0.2, 0.25) is 0 Å². The van der Waals surface area contributed by atoms with E-state index in [9.17, 15) is 14.0 Å². The van der Waals surface area contributed by atoms with Crippen LogP contribution in [-0.2, 0) is 0 Å². The summed E-state index contributed by atoms with van der Waals surface area (Å²) >= 11 is 2.45. The van der Waals surface area contributed by atoms with Crippen LogP contribution in [0.3, 0.4) is 0 Å². The molecule has 8 nitrogen and oxygen atoms in total. The van der Waals surface area contributed by atoms with Crippen LogP contribution in [0.5, 0.6) is 0 Å². The van der Waals surface area contributed by atoms with Crippen molar-refractivity contribution in [3.8, 4) is 10.4 Å². The van der Waals surface area contributed by atoms with E-state index in [1.165, 1.54) is 35.0 Å². The number of hydrogen-bond donors (Lipinski definition) is 2. The average Bonchev–Trinajstić information content (AvgIpc) is 3.18. The third-order valence-corrected chi connectivity index (χ3v) is 8.02. The molecule has 2 amide bonds. The standard InChI is InChI=1S/C23H19FN6O2S2/c24-14-3-1-2-11(6-14)20-19(27-23(25)33-20)22(32)30-15(7-13-9-17(13)30)10-26-21(31)12-4-5-18-16(8-12)28-29-34-18/h1-6,8,13,15,17H,7,9-10H2,(H2,25,27)(H,26,31)/t13?,15?,17-/m0/s1. The lowest BCUT2D eigenvalue weighted by Crippen LogP contribution is -2.45. The Hall–Kier alpha value is -3.44. The zero-order valence-corrected chi connectivity index (χ0v) is 19.4. The highest BCUT2D eigenvalue weighted by atomic mass is 32.1. The molecule has 11 heteroatoms. The van der Waals surface area contributed by atoms with Crippen LogP contribution in [0.15, 0.2) is 42.5 Å². The predicted octanol–water partition coefficient (Wildman–Crippen LogP) is 3.57. The molecule has 1 aliphatic heterocycles. The SMILES string of the molecule is Nc1nc(C(=O)N2C(CNC(=O)c3ccc4snnc4c3)CC3C[C@@H]32)c(-c2cccc(F)c2)s1. The normalized spacial score (nSPS) is 21.0. The highest BCUT2D eigenvalue weighted by Crippen LogP contribution is 2.49. The van der Waals surface area contributed by atoms with Gasteiger partial charge in [-0.05, 0) is 66.2 Å². The lowest BCUT2D eigenvalue weighted by atomic mass is 10.1. The number of nitrogens with one attached hydrogen (secondary N) is 1. The van der Waals surface area contributed by atoms with Gasteiger partial charge in [0.05, 0.1) is 15.6 Å². The highest BCUT2D eigenvalue weighted by Gasteiger charge is 2.54. The number of carbonyl (C=O) groups excluding carboxylic acids is 2. The fraction of sp³-hybridized carbons (Fsp3) is 0.261. The molecular weight excluding hydrogens is 475 g/mol. The molecule has 0 radical (unpaired) electrons. The molecule has 3 heterocycles. The van der Waals surface area contributed by atoms with Crippen molar-refractivity contribution in [3.05, 3.63) is 59.5 Å². The molecule has 2 unspecified atom stereocenters. The Morgan fingerprint density at radius 3 is 2.94 bits per heavy atom. The fourth-order valence-electron chi connectivity index (χ4n) is 4.72. The van der Waals surface area contributed by atoms with Crippen LogP contribution in [0.1, 0.15) is 33.7 Å². The molecule has 34 heavy (non-hydrogen) atoms. The lowest BCUT2D eigenvalue weighted by molar-refractivity contribution is 0.0685. The maximum atomic E-state index is 13.8. The summed E-state index contributed by atoms with van der Waals surface area (Å²) in [7, 11) is 0. The molecule has 3 N–H and O–H groups in total. The fourth-order valence-corrected chi connectivity index (χ4v) is 6.08. The Labute approximate surface area is 201 Å². The predicted molar refractivity (Wildman–Crippen MR) is 128 cm³/mol. The van der Waals surface area contributed by atoms with E-state index in [2.05, 4.69) is 19.9 Å². The number of nitrogens with two attached hydrogens (primary N) is 1. The number of rotatable bonds is 5. The molecule has 2 fully saturated rings. The largest absolute Gasteiger partial charge is 0.375 e. The van der Waals surface area contributed by atoms with Crippen LogP contribution in [0.25, 0.3) is 20.7 Å². The van der Waals surface area contributed by atoms with E-state index in [4.69, 9.17) is 5.73 Å². The number of amides is 2. The molecule has 6 rings (SSSR count). The number of nitrogens with zero attached hydrogens (tertiary/aromatic N) is 4. The van der Waals surface area contributed by atoms with Gasteiger partial charge in [-0.1, -0.05) is 28.0 Å². The summed E-state index contributed by atoms with van der Waals surface area (Å²) in [6.45, 7) is 0.333. The Balaban J connectivity index is 1.22. The molecule has 1 aliphatic carbocycles. The first-order valence-electron chi connectivity index (χ1n) is 10.8.